The van der Waals surface area contributed by atoms with Gasteiger partial charge in [0, 0.05) is 12.8 Å². The number of nitrogens with zero attached hydrogens (tertiary/aromatic N) is 2. The van der Waals surface area contributed by atoms with Crippen molar-refractivity contribution in [2.75, 3.05) is 5.01 Å². The second-order valence-corrected chi connectivity index (χ2v) is 6.47. The molecule has 27 heavy (non-hydrogen) atoms. The van der Waals surface area contributed by atoms with Gasteiger partial charge in [0.2, 0.25) is 10.7 Å². The van der Waals surface area contributed by atoms with Crippen LogP contribution in [0.2, 0.25) is 0 Å². The van der Waals surface area contributed by atoms with Gasteiger partial charge in [0.1, 0.15) is 5.82 Å². The molecule has 0 aliphatic carbocycles. The number of hydrazine groups is 1. The number of aromatic amines is 2. The van der Waals surface area contributed by atoms with E-state index in [1.807, 2.05) is 19.1 Å². The number of anilines is 1. The molecule has 0 radical (unpaired) electrons. The number of nitrogens with one attached hydrogen (secondary N) is 3. The second-order valence-electron chi connectivity index (χ2n) is 5.68. The van der Waals surface area contributed by atoms with Crippen LogP contribution in [0.3, 0.4) is 0 Å². The molecule has 8 nitrogen and oxygen atoms in total. The number of H-pyrrole nitrogens is 2. The summed E-state index contributed by atoms with van der Waals surface area (Å²) >= 11 is 9.92. The van der Waals surface area contributed by atoms with E-state index >= 15 is 0 Å². The Morgan fingerprint density at radius 1 is 1.26 bits per heavy atom. The molecule has 2 rings (SSSR count). The van der Waals surface area contributed by atoms with E-state index in [9.17, 15) is 14.7 Å². The molecule has 138 valence electrons. The van der Waals surface area contributed by atoms with E-state index in [1.165, 1.54) is 11.9 Å². The topological polar surface area (TPSA) is 117 Å². The summed E-state index contributed by atoms with van der Waals surface area (Å²) in [4.78, 5) is 33.1. The number of carbonyl (C=O) groups excluding carboxylic acids is 2. The first-order valence-electron chi connectivity index (χ1n) is 7.82. The van der Waals surface area contributed by atoms with Gasteiger partial charge in [-0.25, -0.2) is 4.98 Å². The van der Waals surface area contributed by atoms with Crippen molar-refractivity contribution in [1.29, 1.82) is 0 Å². The number of aryl methyl sites for hydroxylation is 2. The molecule has 0 saturated carbocycles. The zero-order valence-electron chi connectivity index (χ0n) is 15.2. The van der Waals surface area contributed by atoms with Crippen LogP contribution in [0.15, 0.2) is 24.3 Å². The molecule has 3 N–H and O–H groups in total. The van der Waals surface area contributed by atoms with Crippen LogP contribution >= 0.6 is 24.4 Å². The number of hydrogen-bond acceptors (Lipinski definition) is 7. The van der Waals surface area contributed by atoms with Gasteiger partial charge >= 0.3 is 51.4 Å². The third-order valence-electron chi connectivity index (χ3n) is 3.59. The fourth-order valence-electron chi connectivity index (χ4n) is 2.17. The number of aromatic nitrogens is 3. The van der Waals surface area contributed by atoms with Crippen LogP contribution in [-0.4, -0.2) is 32.9 Å². The minimum atomic E-state index is -1.30. The van der Waals surface area contributed by atoms with Crippen LogP contribution < -0.4 is 66.9 Å². The number of carboxylic acid groups (broad SMARTS) is 1. The average Bonchev–Trinajstić information content (AvgIpc) is 2.57. The summed E-state index contributed by atoms with van der Waals surface area (Å²) < 4.78 is 0.559. The van der Waals surface area contributed by atoms with E-state index < -0.39 is 12.0 Å². The second kappa shape index (κ2) is 11.1. The third-order valence-corrected chi connectivity index (χ3v) is 3.99. The molecule has 0 aliphatic rings. The van der Waals surface area contributed by atoms with Gasteiger partial charge in [-0.05, 0) is 50.4 Å². The molecule has 0 fully saturated rings. The van der Waals surface area contributed by atoms with Crippen LogP contribution in [0.25, 0.3) is 0 Å². The first kappa shape index (κ1) is 24.1. The Morgan fingerprint density at radius 2 is 1.89 bits per heavy atom. The van der Waals surface area contributed by atoms with Crippen molar-refractivity contribution < 1.29 is 66.1 Å². The number of carboxylic acids is 1. The Labute approximate surface area is 209 Å². The molecular formula is C16H18KN5O3S2. The standard InChI is InChI=1S/C16H19N5O3S2.K/c1-9-3-5-11(6-4-9)21(10(2)14(23)24)20-13(22)8-7-12-17-15(25)19-16(26)18-12;/h3-6,10H,7-8H2,1-2H3,(H,20,22)(H,23,24)(H2,17,18,19,25,26);/q;+1/p-1. The van der Waals surface area contributed by atoms with Gasteiger partial charge in [0.25, 0.3) is 0 Å². The van der Waals surface area contributed by atoms with Crippen molar-refractivity contribution in [2.24, 2.45) is 0 Å². The minimum absolute atomic E-state index is 0. The van der Waals surface area contributed by atoms with E-state index in [0.717, 1.165) is 5.56 Å². The quantitative estimate of drug-likeness (QED) is 0.267. The maximum absolute atomic E-state index is 12.3. The van der Waals surface area contributed by atoms with Gasteiger partial charge in [-0.1, -0.05) is 17.7 Å². The molecule has 1 aromatic heterocycles. The molecule has 0 saturated heterocycles. The SMILES string of the molecule is Cc1ccc(N(NC(=O)CCc2nc(=S)[nH]c(=S)[nH]2)C(C)C(=O)[O-])cc1.[K+]. The van der Waals surface area contributed by atoms with Gasteiger partial charge in [-0.3, -0.25) is 15.2 Å². The van der Waals surface area contributed by atoms with E-state index in [2.05, 4.69) is 20.4 Å². The zero-order valence-corrected chi connectivity index (χ0v) is 20.0. The van der Waals surface area contributed by atoms with E-state index in [1.54, 1.807) is 12.1 Å². The largest absolute Gasteiger partial charge is 1.00 e. The first-order valence-corrected chi connectivity index (χ1v) is 8.63. The van der Waals surface area contributed by atoms with Gasteiger partial charge in [-0.2, -0.15) is 0 Å². The summed E-state index contributed by atoms with van der Waals surface area (Å²) in [6.45, 7) is 3.35. The van der Waals surface area contributed by atoms with Gasteiger partial charge in [-0.15, -0.1) is 0 Å². The fraction of sp³-hybridized carbons (Fsp3) is 0.312. The Balaban J connectivity index is 0.00000364. The van der Waals surface area contributed by atoms with Crippen molar-refractivity contribution >= 4 is 42.0 Å². The number of carbonyl (C=O) groups is 2. The van der Waals surface area contributed by atoms with Crippen molar-refractivity contribution in [3.8, 4) is 0 Å². The molecule has 0 aliphatic heterocycles. The van der Waals surface area contributed by atoms with Crippen LogP contribution in [0.5, 0.6) is 0 Å². The summed E-state index contributed by atoms with van der Waals surface area (Å²) in [7, 11) is 0. The third kappa shape index (κ3) is 7.52. The van der Waals surface area contributed by atoms with Crippen molar-refractivity contribution in [3.63, 3.8) is 0 Å². The summed E-state index contributed by atoms with van der Waals surface area (Å²) in [6.07, 6.45) is 0.342. The van der Waals surface area contributed by atoms with E-state index in [-0.39, 0.29) is 74.9 Å². The van der Waals surface area contributed by atoms with Crippen molar-refractivity contribution in [2.45, 2.75) is 32.7 Å². The molecule has 11 heteroatoms. The summed E-state index contributed by atoms with van der Waals surface area (Å²) in [5, 5.41) is 12.5. The molecule has 1 unspecified atom stereocenters. The fourth-order valence-corrected chi connectivity index (χ4v) is 2.67. The summed E-state index contributed by atoms with van der Waals surface area (Å²) in [6, 6.07) is 6.06. The van der Waals surface area contributed by atoms with Gasteiger partial charge in [0.05, 0.1) is 17.7 Å². The first-order chi connectivity index (χ1) is 12.3. The number of hydrogen-bond donors (Lipinski definition) is 3. The number of aliphatic carboxylic acids is 1. The Hall–Kier alpha value is -0.954. The van der Waals surface area contributed by atoms with Crippen molar-refractivity contribution in [3.05, 3.63) is 45.2 Å². The van der Waals surface area contributed by atoms with Crippen LogP contribution in [0.1, 0.15) is 24.7 Å². The molecule has 1 amide bonds. The Morgan fingerprint density at radius 3 is 2.44 bits per heavy atom. The Bertz CT molecular complexity index is 885. The number of rotatable bonds is 7. The summed E-state index contributed by atoms with van der Waals surface area (Å²) in [5.74, 6) is -1.20. The molecule has 1 aromatic carbocycles. The number of amides is 1. The average molecular weight is 432 g/mol. The monoisotopic (exact) mass is 431 g/mol. The molecule has 2 aromatic rings. The predicted molar refractivity (Wildman–Crippen MR) is 99.2 cm³/mol. The molecule has 1 heterocycles. The molecular weight excluding hydrogens is 413 g/mol. The van der Waals surface area contributed by atoms with Crippen LogP contribution in [0.4, 0.5) is 5.69 Å². The molecule has 0 bridgehead atoms. The zero-order chi connectivity index (χ0) is 19.3. The maximum atomic E-state index is 12.3. The molecule has 0 spiro atoms. The van der Waals surface area contributed by atoms with Crippen LogP contribution in [0, 0.1) is 16.5 Å². The van der Waals surface area contributed by atoms with Crippen LogP contribution in [-0.2, 0) is 16.0 Å². The minimum Gasteiger partial charge on any atom is -0.548 e. The van der Waals surface area contributed by atoms with E-state index in [4.69, 9.17) is 24.4 Å². The smallest absolute Gasteiger partial charge is 0.548 e. The summed E-state index contributed by atoms with van der Waals surface area (Å²) in [5.41, 5.74) is 4.16. The van der Waals surface area contributed by atoms with E-state index in [0.29, 0.717) is 16.3 Å². The van der Waals surface area contributed by atoms with Gasteiger partial charge < -0.3 is 19.9 Å². The maximum Gasteiger partial charge on any atom is 1.00 e. The van der Waals surface area contributed by atoms with Gasteiger partial charge in [0.15, 0.2) is 4.77 Å². The van der Waals surface area contributed by atoms with Crippen molar-refractivity contribution in [1.82, 2.24) is 20.4 Å². The normalized spacial score (nSPS) is 11.2. The number of benzene rings is 1. The molecule has 1 atom stereocenters. The Kier molecular flexibility index (Phi) is 9.94. The predicted octanol–water partition coefficient (Wildman–Crippen LogP) is -1.88.